The van der Waals surface area contributed by atoms with Gasteiger partial charge in [0.15, 0.2) is 0 Å². The maximum atomic E-state index is 13.1. The molecule has 2 rings (SSSR count). The van der Waals surface area contributed by atoms with Gasteiger partial charge < -0.3 is 10.2 Å². The first-order chi connectivity index (χ1) is 10.8. The number of hydrogen-bond donors (Lipinski definition) is 1. The Kier molecular flexibility index (Phi) is 5.49. The summed E-state index contributed by atoms with van der Waals surface area (Å²) in [6, 6.07) is -2.04. The second kappa shape index (κ2) is 7.19. The standard InChI is InChI=1S/C16H21F3N2O2/c1-21(15(23)9-7-12-4-5-12)13(16(17,18)19)10-20-14(22)8-6-11-2-3-11/h6-9,11-13H,2-5,10H2,1H3,(H,20,22)/b8-6+,9-7+. The Labute approximate surface area is 133 Å². The zero-order valence-electron chi connectivity index (χ0n) is 13.0. The van der Waals surface area contributed by atoms with Crippen LogP contribution in [0.4, 0.5) is 13.2 Å². The van der Waals surface area contributed by atoms with Crippen molar-refractivity contribution >= 4 is 11.8 Å². The highest BCUT2D eigenvalue weighted by Gasteiger charge is 2.43. The van der Waals surface area contributed by atoms with Crippen LogP contribution in [0.25, 0.3) is 0 Å². The van der Waals surface area contributed by atoms with Gasteiger partial charge in [-0.3, -0.25) is 9.59 Å². The van der Waals surface area contributed by atoms with Crippen LogP contribution < -0.4 is 5.32 Å². The number of carbonyl (C=O) groups is 2. The topological polar surface area (TPSA) is 49.4 Å². The molecule has 1 atom stereocenters. The molecule has 0 bridgehead atoms. The molecule has 2 saturated carbocycles. The number of likely N-dealkylation sites (N-methyl/N-ethyl adjacent to an activating group) is 1. The van der Waals surface area contributed by atoms with Gasteiger partial charge in [0, 0.05) is 13.6 Å². The average Bonchev–Trinajstić information content (AvgIpc) is 3.35. The number of alkyl halides is 3. The summed E-state index contributed by atoms with van der Waals surface area (Å²) in [4.78, 5) is 24.0. The van der Waals surface area contributed by atoms with Gasteiger partial charge in [-0.1, -0.05) is 12.2 Å². The predicted molar refractivity (Wildman–Crippen MR) is 79.4 cm³/mol. The second-order valence-corrected chi connectivity index (χ2v) is 6.14. The Morgan fingerprint density at radius 2 is 1.65 bits per heavy atom. The maximum Gasteiger partial charge on any atom is 0.410 e. The van der Waals surface area contributed by atoms with Crippen LogP contribution in [-0.2, 0) is 9.59 Å². The number of hydrogen-bond acceptors (Lipinski definition) is 2. The van der Waals surface area contributed by atoms with Crippen LogP contribution in [0.15, 0.2) is 24.3 Å². The van der Waals surface area contributed by atoms with Gasteiger partial charge in [0.05, 0.1) is 0 Å². The molecule has 1 N–H and O–H groups in total. The summed E-state index contributed by atoms with van der Waals surface area (Å²) in [6.07, 6.45) is 5.16. The lowest BCUT2D eigenvalue weighted by Crippen LogP contribution is -2.52. The Bertz CT molecular complexity index is 506. The first-order valence-electron chi connectivity index (χ1n) is 7.75. The van der Waals surface area contributed by atoms with Crippen molar-refractivity contribution in [2.75, 3.05) is 13.6 Å². The molecule has 0 aromatic heterocycles. The fourth-order valence-electron chi connectivity index (χ4n) is 2.02. The maximum absolute atomic E-state index is 13.1. The minimum atomic E-state index is -4.61. The summed E-state index contributed by atoms with van der Waals surface area (Å²) in [5, 5.41) is 2.22. The first-order valence-corrected chi connectivity index (χ1v) is 7.75. The lowest BCUT2D eigenvalue weighted by Gasteiger charge is -2.29. The van der Waals surface area contributed by atoms with Gasteiger partial charge in [-0.15, -0.1) is 0 Å². The van der Waals surface area contributed by atoms with Gasteiger partial charge in [0.1, 0.15) is 6.04 Å². The lowest BCUT2D eigenvalue weighted by molar-refractivity contribution is -0.183. The Hall–Kier alpha value is -1.79. The zero-order chi connectivity index (χ0) is 17.0. The van der Waals surface area contributed by atoms with E-state index in [0.29, 0.717) is 16.7 Å². The largest absolute Gasteiger partial charge is 0.410 e. The molecular weight excluding hydrogens is 309 g/mol. The van der Waals surface area contributed by atoms with E-state index in [2.05, 4.69) is 5.32 Å². The monoisotopic (exact) mass is 330 g/mol. The van der Waals surface area contributed by atoms with Crippen molar-refractivity contribution in [3.8, 4) is 0 Å². The van der Waals surface area contributed by atoms with Crippen molar-refractivity contribution in [1.82, 2.24) is 10.2 Å². The average molecular weight is 330 g/mol. The molecule has 7 heteroatoms. The summed E-state index contributed by atoms with van der Waals surface area (Å²) in [7, 11) is 1.10. The van der Waals surface area contributed by atoms with Gasteiger partial charge in [-0.25, -0.2) is 0 Å². The Morgan fingerprint density at radius 1 is 1.13 bits per heavy atom. The van der Waals surface area contributed by atoms with E-state index in [-0.39, 0.29) is 0 Å². The third-order valence-corrected chi connectivity index (χ3v) is 3.94. The van der Waals surface area contributed by atoms with Crippen molar-refractivity contribution in [2.45, 2.75) is 37.9 Å². The number of amides is 2. The molecule has 2 aliphatic rings. The minimum Gasteiger partial charge on any atom is -0.350 e. The molecule has 23 heavy (non-hydrogen) atoms. The van der Waals surface area contributed by atoms with Crippen molar-refractivity contribution in [3.05, 3.63) is 24.3 Å². The SMILES string of the molecule is CN(C(=O)/C=C/C1CC1)C(CNC(=O)/C=C/C1CC1)C(F)(F)F. The second-order valence-electron chi connectivity index (χ2n) is 6.14. The number of carbonyl (C=O) groups excluding carboxylic acids is 2. The van der Waals surface area contributed by atoms with E-state index in [1.54, 1.807) is 12.2 Å². The van der Waals surface area contributed by atoms with Gasteiger partial charge in [0.25, 0.3) is 0 Å². The number of nitrogens with one attached hydrogen (secondary N) is 1. The minimum absolute atomic E-state index is 0.309. The summed E-state index contributed by atoms with van der Waals surface area (Å²) < 4.78 is 39.4. The molecule has 0 heterocycles. The predicted octanol–water partition coefficient (Wildman–Crippen LogP) is 2.42. The van der Waals surface area contributed by atoms with Crippen molar-refractivity contribution in [3.63, 3.8) is 0 Å². The van der Waals surface area contributed by atoms with Crippen molar-refractivity contribution in [2.24, 2.45) is 11.8 Å². The smallest absolute Gasteiger partial charge is 0.350 e. The fourth-order valence-corrected chi connectivity index (χ4v) is 2.02. The normalized spacial score (nSPS) is 20.0. The lowest BCUT2D eigenvalue weighted by atomic mass is 10.2. The number of allylic oxidation sites excluding steroid dienone is 2. The van der Waals surface area contributed by atoms with E-state index in [1.807, 2.05) is 0 Å². The molecule has 2 amide bonds. The zero-order valence-corrected chi connectivity index (χ0v) is 13.0. The molecule has 2 aliphatic carbocycles. The number of rotatable bonds is 7. The summed E-state index contributed by atoms with van der Waals surface area (Å²) in [6.45, 7) is -0.656. The van der Waals surface area contributed by atoms with E-state index in [1.165, 1.54) is 12.2 Å². The van der Waals surface area contributed by atoms with E-state index >= 15 is 0 Å². The van der Waals surface area contributed by atoms with Crippen LogP contribution in [-0.4, -0.2) is 42.5 Å². The highest BCUT2D eigenvalue weighted by Crippen LogP contribution is 2.31. The molecule has 128 valence electrons. The Morgan fingerprint density at radius 3 is 2.13 bits per heavy atom. The van der Waals surface area contributed by atoms with E-state index < -0.39 is 30.6 Å². The summed E-state index contributed by atoms with van der Waals surface area (Å²) >= 11 is 0. The quantitative estimate of drug-likeness (QED) is 0.729. The van der Waals surface area contributed by atoms with Gasteiger partial charge in [0.2, 0.25) is 11.8 Å². The molecule has 1 unspecified atom stereocenters. The number of halogens is 3. The van der Waals surface area contributed by atoms with Crippen LogP contribution in [0, 0.1) is 11.8 Å². The fraction of sp³-hybridized carbons (Fsp3) is 0.625. The van der Waals surface area contributed by atoms with Crippen LogP contribution >= 0.6 is 0 Å². The highest BCUT2D eigenvalue weighted by atomic mass is 19.4. The Balaban J connectivity index is 1.89. The molecule has 0 aromatic carbocycles. The molecule has 0 aromatic rings. The molecule has 0 radical (unpaired) electrons. The summed E-state index contributed by atoms with van der Waals surface area (Å²) in [5.41, 5.74) is 0. The molecular formula is C16H21F3N2O2. The third kappa shape index (κ3) is 6.08. The molecule has 0 spiro atoms. The molecule has 2 fully saturated rings. The van der Waals surface area contributed by atoms with E-state index in [9.17, 15) is 22.8 Å². The highest BCUT2D eigenvalue weighted by molar-refractivity contribution is 5.88. The molecule has 0 saturated heterocycles. The number of nitrogens with zero attached hydrogens (tertiary/aromatic N) is 1. The summed E-state index contributed by atoms with van der Waals surface area (Å²) in [5.74, 6) is -0.595. The van der Waals surface area contributed by atoms with E-state index in [0.717, 1.165) is 32.7 Å². The van der Waals surface area contributed by atoms with Gasteiger partial charge in [-0.2, -0.15) is 13.2 Å². The van der Waals surface area contributed by atoms with Crippen molar-refractivity contribution < 1.29 is 22.8 Å². The van der Waals surface area contributed by atoms with Crippen LogP contribution in [0.1, 0.15) is 25.7 Å². The van der Waals surface area contributed by atoms with Crippen LogP contribution in [0.5, 0.6) is 0 Å². The first kappa shape index (κ1) is 17.6. The van der Waals surface area contributed by atoms with E-state index in [4.69, 9.17) is 0 Å². The van der Waals surface area contributed by atoms with Gasteiger partial charge >= 0.3 is 6.18 Å². The molecule has 4 nitrogen and oxygen atoms in total. The molecule has 0 aliphatic heterocycles. The van der Waals surface area contributed by atoms with Crippen molar-refractivity contribution in [1.29, 1.82) is 0 Å². The van der Waals surface area contributed by atoms with Crippen LogP contribution in [0.2, 0.25) is 0 Å². The third-order valence-electron chi connectivity index (χ3n) is 3.94. The van der Waals surface area contributed by atoms with Crippen LogP contribution in [0.3, 0.4) is 0 Å². The van der Waals surface area contributed by atoms with Gasteiger partial charge in [-0.05, 0) is 49.7 Å².